The number of carbonyl (C=O) groups excluding carboxylic acids is 2. The second-order valence-electron chi connectivity index (χ2n) is 10.5. The summed E-state index contributed by atoms with van der Waals surface area (Å²) >= 11 is 0. The van der Waals surface area contributed by atoms with Crippen molar-refractivity contribution in [2.75, 3.05) is 17.4 Å². The van der Waals surface area contributed by atoms with Crippen LogP contribution in [0, 0.1) is 12.7 Å². The molecule has 3 aromatic carbocycles. The van der Waals surface area contributed by atoms with E-state index in [4.69, 9.17) is 0 Å². The standard InChI is InChI=1S/C30H36FN3O4S/c1-22-11-17-27(18-12-22)39(37,38)34(26-15-13-25(31)14-16-26)21-28(35)33(20-19-24-9-7-6-8-10-24)23(2)29(36)32-30(3,4)5/h6-18,23H,19-21H2,1-5H3,(H,32,36)/t23-/m0/s1. The zero-order valence-electron chi connectivity index (χ0n) is 23.0. The van der Waals surface area contributed by atoms with Crippen molar-refractivity contribution in [1.29, 1.82) is 0 Å². The molecule has 7 nitrogen and oxygen atoms in total. The third kappa shape index (κ3) is 8.13. The smallest absolute Gasteiger partial charge is 0.264 e. The molecule has 0 fully saturated rings. The molecular weight excluding hydrogens is 517 g/mol. The van der Waals surface area contributed by atoms with Gasteiger partial charge in [-0.2, -0.15) is 0 Å². The van der Waals surface area contributed by atoms with Gasteiger partial charge < -0.3 is 10.2 Å². The topological polar surface area (TPSA) is 86.8 Å². The molecule has 0 saturated heterocycles. The van der Waals surface area contributed by atoms with Gasteiger partial charge in [0, 0.05) is 12.1 Å². The Labute approximate surface area is 230 Å². The molecule has 1 N–H and O–H groups in total. The molecule has 0 aliphatic rings. The fraction of sp³-hybridized carbons (Fsp3) is 0.333. The van der Waals surface area contributed by atoms with Crippen molar-refractivity contribution >= 4 is 27.5 Å². The van der Waals surface area contributed by atoms with Gasteiger partial charge in [-0.1, -0.05) is 48.0 Å². The monoisotopic (exact) mass is 553 g/mol. The van der Waals surface area contributed by atoms with Crippen LogP contribution in [0.25, 0.3) is 0 Å². The highest BCUT2D eigenvalue weighted by Gasteiger charge is 2.33. The third-order valence-electron chi connectivity index (χ3n) is 6.15. The first-order valence-corrected chi connectivity index (χ1v) is 14.2. The van der Waals surface area contributed by atoms with E-state index in [9.17, 15) is 22.4 Å². The highest BCUT2D eigenvalue weighted by atomic mass is 32.2. The maximum Gasteiger partial charge on any atom is 0.264 e. The zero-order valence-corrected chi connectivity index (χ0v) is 23.8. The molecule has 3 aromatic rings. The number of anilines is 1. The average Bonchev–Trinajstić information content (AvgIpc) is 2.87. The molecule has 0 saturated carbocycles. The van der Waals surface area contributed by atoms with E-state index in [0.29, 0.717) is 6.42 Å². The number of benzene rings is 3. The summed E-state index contributed by atoms with van der Waals surface area (Å²) in [6.07, 6.45) is 0.473. The summed E-state index contributed by atoms with van der Waals surface area (Å²) in [5, 5.41) is 2.90. The summed E-state index contributed by atoms with van der Waals surface area (Å²) < 4.78 is 42.2. The Hall–Kier alpha value is -3.72. The summed E-state index contributed by atoms with van der Waals surface area (Å²) in [5.74, 6) is -1.43. The Kier molecular flexibility index (Phi) is 9.50. The van der Waals surface area contributed by atoms with Crippen molar-refractivity contribution in [2.24, 2.45) is 0 Å². The molecule has 0 heterocycles. The molecule has 0 radical (unpaired) electrons. The first kappa shape index (κ1) is 29.8. The van der Waals surface area contributed by atoms with E-state index in [1.54, 1.807) is 19.1 Å². The van der Waals surface area contributed by atoms with E-state index in [1.165, 1.54) is 29.2 Å². The lowest BCUT2D eigenvalue weighted by molar-refractivity contribution is -0.139. The van der Waals surface area contributed by atoms with Gasteiger partial charge in [0.1, 0.15) is 18.4 Å². The lowest BCUT2D eigenvalue weighted by Gasteiger charge is -2.33. The molecule has 2 amide bonds. The van der Waals surface area contributed by atoms with Crippen LogP contribution in [0.5, 0.6) is 0 Å². The number of halogens is 1. The fourth-order valence-corrected chi connectivity index (χ4v) is 5.43. The van der Waals surface area contributed by atoms with E-state index < -0.39 is 39.9 Å². The fourth-order valence-electron chi connectivity index (χ4n) is 4.02. The molecule has 3 rings (SSSR count). The molecule has 39 heavy (non-hydrogen) atoms. The molecule has 0 aliphatic carbocycles. The largest absolute Gasteiger partial charge is 0.350 e. The Morgan fingerprint density at radius 1 is 0.923 bits per heavy atom. The SMILES string of the molecule is Cc1ccc(S(=O)(=O)N(CC(=O)N(CCc2ccccc2)[C@@H](C)C(=O)NC(C)(C)C)c2ccc(F)cc2)cc1. The molecule has 1 atom stereocenters. The minimum Gasteiger partial charge on any atom is -0.350 e. The number of hydrogen-bond acceptors (Lipinski definition) is 4. The van der Waals surface area contributed by atoms with Gasteiger partial charge in [0.15, 0.2) is 0 Å². The van der Waals surface area contributed by atoms with Crippen LogP contribution in [0.1, 0.15) is 38.8 Å². The molecule has 9 heteroatoms. The Morgan fingerprint density at radius 2 is 1.51 bits per heavy atom. The van der Waals surface area contributed by atoms with Crippen LogP contribution in [-0.2, 0) is 26.0 Å². The van der Waals surface area contributed by atoms with Gasteiger partial charge >= 0.3 is 0 Å². The van der Waals surface area contributed by atoms with Crippen LogP contribution in [-0.4, -0.2) is 49.8 Å². The normalized spacial score (nSPS) is 12.5. The zero-order chi connectivity index (χ0) is 28.8. The predicted molar refractivity (Wildman–Crippen MR) is 151 cm³/mol. The third-order valence-corrected chi connectivity index (χ3v) is 7.94. The van der Waals surface area contributed by atoms with Gasteiger partial charge in [-0.25, -0.2) is 12.8 Å². The first-order chi connectivity index (χ1) is 18.3. The van der Waals surface area contributed by atoms with Gasteiger partial charge in [-0.05, 0) is 83.0 Å². The lowest BCUT2D eigenvalue weighted by Crippen LogP contribution is -2.55. The Bertz CT molecular complexity index is 1370. The van der Waals surface area contributed by atoms with Crippen LogP contribution in [0.3, 0.4) is 0 Å². The van der Waals surface area contributed by atoms with Crippen molar-refractivity contribution in [3.05, 3.63) is 95.8 Å². The Balaban J connectivity index is 1.98. The predicted octanol–water partition coefficient (Wildman–Crippen LogP) is 4.70. The van der Waals surface area contributed by atoms with Gasteiger partial charge in [0.25, 0.3) is 10.0 Å². The highest BCUT2D eigenvalue weighted by Crippen LogP contribution is 2.25. The molecule has 208 valence electrons. The maximum atomic E-state index is 13.8. The van der Waals surface area contributed by atoms with E-state index in [0.717, 1.165) is 27.6 Å². The number of nitrogens with one attached hydrogen (secondary N) is 1. The van der Waals surface area contributed by atoms with Gasteiger partial charge in [-0.3, -0.25) is 13.9 Å². The van der Waals surface area contributed by atoms with Gasteiger partial charge in [0.2, 0.25) is 11.8 Å². The Morgan fingerprint density at radius 3 is 2.08 bits per heavy atom. The lowest BCUT2D eigenvalue weighted by atomic mass is 10.1. The second-order valence-corrected chi connectivity index (χ2v) is 12.4. The number of rotatable bonds is 10. The number of carbonyl (C=O) groups is 2. The summed E-state index contributed by atoms with van der Waals surface area (Å²) in [6, 6.07) is 19.9. The van der Waals surface area contributed by atoms with Crippen molar-refractivity contribution < 1.29 is 22.4 Å². The maximum absolute atomic E-state index is 13.8. The number of nitrogens with zero attached hydrogens (tertiary/aromatic N) is 2. The van der Waals surface area contributed by atoms with Crippen LogP contribution in [0.4, 0.5) is 10.1 Å². The van der Waals surface area contributed by atoms with Crippen molar-refractivity contribution in [1.82, 2.24) is 10.2 Å². The van der Waals surface area contributed by atoms with E-state index in [1.807, 2.05) is 58.0 Å². The first-order valence-electron chi connectivity index (χ1n) is 12.8. The van der Waals surface area contributed by atoms with E-state index >= 15 is 0 Å². The molecule has 0 aliphatic heterocycles. The highest BCUT2D eigenvalue weighted by molar-refractivity contribution is 7.92. The quantitative estimate of drug-likeness (QED) is 0.394. The van der Waals surface area contributed by atoms with Crippen LogP contribution in [0.2, 0.25) is 0 Å². The number of sulfonamides is 1. The minimum atomic E-state index is -4.19. The number of amides is 2. The summed E-state index contributed by atoms with van der Waals surface area (Å²) in [6.45, 7) is 8.63. The second kappa shape index (κ2) is 12.4. The van der Waals surface area contributed by atoms with E-state index in [-0.39, 0.29) is 23.0 Å². The summed E-state index contributed by atoms with van der Waals surface area (Å²) in [7, 11) is -4.19. The summed E-state index contributed by atoms with van der Waals surface area (Å²) in [5.41, 5.74) is 1.47. The molecule has 0 spiro atoms. The number of aryl methyl sites for hydroxylation is 1. The van der Waals surface area contributed by atoms with Crippen molar-refractivity contribution in [3.63, 3.8) is 0 Å². The molecule has 0 unspecified atom stereocenters. The van der Waals surface area contributed by atoms with Gasteiger partial charge in [0.05, 0.1) is 10.6 Å². The van der Waals surface area contributed by atoms with Crippen molar-refractivity contribution in [3.8, 4) is 0 Å². The molecule has 0 bridgehead atoms. The van der Waals surface area contributed by atoms with Crippen molar-refractivity contribution in [2.45, 2.75) is 57.5 Å². The average molecular weight is 554 g/mol. The van der Waals surface area contributed by atoms with Crippen LogP contribution in [0.15, 0.2) is 83.8 Å². The number of hydrogen-bond donors (Lipinski definition) is 1. The minimum absolute atomic E-state index is 0.000385. The van der Waals surface area contributed by atoms with Crippen LogP contribution < -0.4 is 9.62 Å². The van der Waals surface area contributed by atoms with Gasteiger partial charge in [-0.15, -0.1) is 0 Å². The van der Waals surface area contributed by atoms with Crippen LogP contribution >= 0.6 is 0 Å². The van der Waals surface area contributed by atoms with E-state index in [2.05, 4.69) is 5.32 Å². The molecular formula is C30H36FN3O4S. The summed E-state index contributed by atoms with van der Waals surface area (Å²) in [4.78, 5) is 28.3. The molecule has 0 aromatic heterocycles.